The predicted molar refractivity (Wildman–Crippen MR) is 238 cm³/mol. The van der Waals surface area contributed by atoms with Crippen LogP contribution in [-0.2, 0) is 16.6 Å². The molecular formula is C47H45FN10O5. The molecule has 3 aliphatic rings. The molecule has 2 N–H and O–H groups in total. The van der Waals surface area contributed by atoms with Crippen LogP contribution in [0.5, 0.6) is 0 Å². The van der Waals surface area contributed by atoms with Crippen molar-refractivity contribution >= 4 is 46.6 Å². The van der Waals surface area contributed by atoms with Gasteiger partial charge in [0.05, 0.1) is 17.3 Å². The van der Waals surface area contributed by atoms with Crippen LogP contribution in [0.3, 0.4) is 0 Å². The van der Waals surface area contributed by atoms with Crippen LogP contribution in [0.25, 0.3) is 27.9 Å². The number of nitrogens with one attached hydrogen (secondary N) is 2. The molecule has 0 saturated carbocycles. The summed E-state index contributed by atoms with van der Waals surface area (Å²) in [6.45, 7) is 5.26. The summed E-state index contributed by atoms with van der Waals surface area (Å²) >= 11 is 0. The number of halogens is 1. The zero-order valence-electron chi connectivity index (χ0n) is 35.0. The normalized spacial score (nSPS) is 16.8. The Morgan fingerprint density at radius 3 is 2.24 bits per heavy atom. The molecule has 3 saturated heterocycles. The van der Waals surface area contributed by atoms with Crippen LogP contribution in [0.2, 0.25) is 0 Å². The lowest BCUT2D eigenvalue weighted by atomic mass is 9.90. The molecule has 5 heterocycles. The summed E-state index contributed by atoms with van der Waals surface area (Å²) in [7, 11) is 3.17. The zero-order valence-corrected chi connectivity index (χ0v) is 35.0. The van der Waals surface area contributed by atoms with Gasteiger partial charge in [0.25, 0.3) is 5.91 Å². The topological polar surface area (TPSA) is 158 Å². The monoisotopic (exact) mass is 848 g/mol. The van der Waals surface area contributed by atoms with E-state index in [4.69, 9.17) is 4.98 Å². The highest BCUT2D eigenvalue weighted by Gasteiger charge is 2.34. The molecule has 6 aromatic rings. The second-order valence-corrected chi connectivity index (χ2v) is 15.9. The average Bonchev–Trinajstić information content (AvgIpc) is 3.85. The minimum Gasteiger partial charge on any atom is -0.368 e. The Morgan fingerprint density at radius 2 is 1.52 bits per heavy atom. The summed E-state index contributed by atoms with van der Waals surface area (Å²) < 4.78 is 18.3. The Hall–Kier alpha value is -7.62. The van der Waals surface area contributed by atoms with Crippen molar-refractivity contribution in [2.24, 2.45) is 7.05 Å². The summed E-state index contributed by atoms with van der Waals surface area (Å²) in [4.78, 5) is 75.6. The SMILES string of the molecule is CNC(=O)c1cccc(N2CCN(c3nccc(-c4ccc(-n5cnn(C)c5=O)cc4-c4ccc(N5CCN(c6ccc(C7CCC(=O)NC7=O)cc6F)CC5)cc4)c3C)C2=O)c1. The minimum absolute atomic E-state index is 0.233. The molecule has 16 heteroatoms. The van der Waals surface area contributed by atoms with E-state index in [0.29, 0.717) is 79.7 Å². The van der Waals surface area contributed by atoms with Crippen LogP contribution < -0.4 is 35.9 Å². The molecule has 1 atom stereocenters. The second-order valence-electron chi connectivity index (χ2n) is 15.9. The van der Waals surface area contributed by atoms with Gasteiger partial charge in [-0.3, -0.25) is 29.5 Å². The summed E-state index contributed by atoms with van der Waals surface area (Å²) in [6.07, 6.45) is 3.79. The molecule has 1 unspecified atom stereocenters. The number of anilines is 4. The number of nitrogens with zero attached hydrogens (tertiary/aromatic N) is 8. The number of carbonyl (C=O) groups is 4. The fourth-order valence-electron chi connectivity index (χ4n) is 8.80. The predicted octanol–water partition coefficient (Wildman–Crippen LogP) is 5.40. The van der Waals surface area contributed by atoms with Crippen LogP contribution in [0.1, 0.15) is 40.2 Å². The van der Waals surface area contributed by atoms with Crippen molar-refractivity contribution in [2.45, 2.75) is 25.7 Å². The van der Waals surface area contributed by atoms with E-state index in [1.807, 2.05) is 42.2 Å². The molecule has 15 nitrogen and oxygen atoms in total. The first kappa shape index (κ1) is 40.8. The lowest BCUT2D eigenvalue weighted by Crippen LogP contribution is -2.46. The minimum atomic E-state index is -0.547. The van der Waals surface area contributed by atoms with E-state index in [1.54, 1.807) is 60.4 Å². The second kappa shape index (κ2) is 16.7. The number of hydrogen-bond acceptors (Lipinski definition) is 9. The van der Waals surface area contributed by atoms with Gasteiger partial charge >= 0.3 is 11.7 Å². The molecule has 0 bridgehead atoms. The van der Waals surface area contributed by atoms with Gasteiger partial charge in [-0.05, 0) is 107 Å². The highest BCUT2D eigenvalue weighted by molar-refractivity contribution is 6.07. The van der Waals surface area contributed by atoms with Crippen molar-refractivity contribution in [3.8, 4) is 27.9 Å². The lowest BCUT2D eigenvalue weighted by molar-refractivity contribution is -0.134. The lowest BCUT2D eigenvalue weighted by Gasteiger charge is -2.37. The van der Waals surface area contributed by atoms with Crippen molar-refractivity contribution in [2.75, 3.05) is 65.9 Å². The van der Waals surface area contributed by atoms with Crippen molar-refractivity contribution in [3.05, 3.63) is 137 Å². The Morgan fingerprint density at radius 1 is 0.778 bits per heavy atom. The summed E-state index contributed by atoms with van der Waals surface area (Å²) in [6, 6.07) is 27.6. The molecule has 0 aliphatic carbocycles. The first-order valence-corrected chi connectivity index (χ1v) is 20.8. The fourth-order valence-corrected chi connectivity index (χ4v) is 8.80. The number of rotatable bonds is 9. The van der Waals surface area contributed by atoms with Crippen LogP contribution in [-0.4, -0.2) is 89.4 Å². The number of aryl methyl sites for hydroxylation is 1. The number of amides is 5. The van der Waals surface area contributed by atoms with Gasteiger partial charge < -0.3 is 15.1 Å². The number of piperazine rings is 1. The molecule has 4 aromatic carbocycles. The smallest absolute Gasteiger partial charge is 0.350 e. The van der Waals surface area contributed by atoms with Crippen LogP contribution in [0, 0.1) is 12.7 Å². The number of piperidine rings is 1. The Kier molecular flexibility index (Phi) is 10.8. The zero-order chi connectivity index (χ0) is 43.9. The first-order chi connectivity index (χ1) is 30.5. The van der Waals surface area contributed by atoms with E-state index in [1.165, 1.54) is 21.6 Å². The standard InChI is InChI=1S/C47H45FN10O5/c1-29-36(17-18-50-43(29)57-24-23-56(47(57)63)34-6-4-5-32(25-34)44(60)49-2)38-13-12-35(58-28-51-53(3)46(58)62)27-39(38)30-7-10-33(11-8-30)54-19-21-55(22-20-54)41-15-9-31(26-40(41)48)37-14-16-42(59)52-45(37)61/h4-13,15,17-18,25-28,37H,14,16,19-24H2,1-3H3,(H,49,60)(H,52,59,61). The van der Waals surface area contributed by atoms with E-state index >= 15 is 4.39 Å². The third-order valence-corrected chi connectivity index (χ3v) is 12.3. The van der Waals surface area contributed by atoms with Gasteiger partial charge in [-0.2, -0.15) is 5.10 Å². The fraction of sp³-hybridized carbons (Fsp3) is 0.255. The number of hydrogen-bond donors (Lipinski definition) is 2. The number of imide groups is 1. The van der Waals surface area contributed by atoms with Gasteiger partial charge in [-0.15, -0.1) is 0 Å². The van der Waals surface area contributed by atoms with Gasteiger partial charge in [0.2, 0.25) is 11.8 Å². The maximum absolute atomic E-state index is 15.5. The molecule has 9 rings (SSSR count). The van der Waals surface area contributed by atoms with Crippen LogP contribution >= 0.6 is 0 Å². The van der Waals surface area contributed by atoms with Crippen molar-refractivity contribution in [1.82, 2.24) is 30.0 Å². The maximum atomic E-state index is 15.5. The largest absolute Gasteiger partial charge is 0.368 e. The van der Waals surface area contributed by atoms with Gasteiger partial charge in [0, 0.05) is 82.9 Å². The Bertz CT molecular complexity index is 2850. The summed E-state index contributed by atoms with van der Waals surface area (Å²) in [5.74, 6) is -1.34. The number of carbonyl (C=O) groups excluding carboxylic acids is 4. The van der Waals surface area contributed by atoms with Gasteiger partial charge in [-0.1, -0.05) is 30.3 Å². The number of pyridine rings is 1. The average molecular weight is 849 g/mol. The maximum Gasteiger partial charge on any atom is 0.350 e. The van der Waals surface area contributed by atoms with Gasteiger partial charge in [-0.25, -0.2) is 28.2 Å². The van der Waals surface area contributed by atoms with E-state index in [0.717, 1.165) is 33.5 Å². The molecule has 3 fully saturated rings. The Labute approximate surface area is 362 Å². The molecule has 3 aliphatic heterocycles. The van der Waals surface area contributed by atoms with Crippen molar-refractivity contribution in [1.29, 1.82) is 0 Å². The van der Waals surface area contributed by atoms with E-state index in [-0.39, 0.29) is 35.9 Å². The van der Waals surface area contributed by atoms with Crippen LogP contribution in [0.15, 0.2) is 108 Å². The number of urea groups is 1. The summed E-state index contributed by atoms with van der Waals surface area (Å²) in [5, 5.41) is 9.14. The molecule has 2 aromatic heterocycles. The summed E-state index contributed by atoms with van der Waals surface area (Å²) in [5.41, 5.74) is 7.81. The van der Waals surface area contributed by atoms with Crippen molar-refractivity contribution < 1.29 is 23.6 Å². The van der Waals surface area contributed by atoms with Gasteiger partial charge in [0.15, 0.2) is 0 Å². The highest BCUT2D eigenvalue weighted by atomic mass is 19.1. The molecular weight excluding hydrogens is 804 g/mol. The van der Waals surface area contributed by atoms with Crippen molar-refractivity contribution in [3.63, 3.8) is 0 Å². The van der Waals surface area contributed by atoms with Crippen LogP contribution in [0.4, 0.5) is 32.1 Å². The molecule has 320 valence electrons. The van der Waals surface area contributed by atoms with E-state index < -0.39 is 11.7 Å². The Balaban J connectivity index is 0.970. The molecule has 0 spiro atoms. The third kappa shape index (κ3) is 7.68. The quantitative estimate of drug-likeness (QED) is 0.182. The molecule has 63 heavy (non-hydrogen) atoms. The highest BCUT2D eigenvalue weighted by Crippen LogP contribution is 2.39. The number of aromatic nitrogens is 4. The van der Waals surface area contributed by atoms with E-state index in [2.05, 4.69) is 44.9 Å². The number of benzene rings is 4. The first-order valence-electron chi connectivity index (χ1n) is 20.8. The van der Waals surface area contributed by atoms with E-state index in [9.17, 15) is 24.0 Å². The van der Waals surface area contributed by atoms with Gasteiger partial charge in [0.1, 0.15) is 18.0 Å². The third-order valence-electron chi connectivity index (χ3n) is 12.3. The molecule has 5 amide bonds. The molecule has 0 radical (unpaired) electrons.